The molecule has 0 atom stereocenters. The number of nitriles is 1. The third kappa shape index (κ3) is 4.32. The number of carbonyl (C=O) groups excluding carboxylic acids is 1. The van der Waals surface area contributed by atoms with Crippen molar-refractivity contribution in [1.29, 1.82) is 5.26 Å². The highest BCUT2D eigenvalue weighted by molar-refractivity contribution is 6.34. The van der Waals surface area contributed by atoms with Gasteiger partial charge in [-0.1, -0.05) is 17.7 Å². The summed E-state index contributed by atoms with van der Waals surface area (Å²) in [4.78, 5) is 25.0. The monoisotopic (exact) mass is 460 g/mol. The Kier molecular flexibility index (Phi) is 6.03. The molecule has 2 N–H and O–H groups in total. The second-order valence-corrected chi connectivity index (χ2v) is 8.83. The van der Waals surface area contributed by atoms with Gasteiger partial charge in [0.05, 0.1) is 21.8 Å². The first kappa shape index (κ1) is 21.5. The molecule has 0 spiro atoms. The molecule has 2 aromatic heterocycles. The summed E-state index contributed by atoms with van der Waals surface area (Å²) in [5, 5.41) is 13.5. The SMILES string of the molecule is N#Cc1cc(-c2ccnc(-c3ccc(Cl)c(C(=O)N4CCCC4)c3)c2)[nH]c1N1CCNCC1. The van der Waals surface area contributed by atoms with Crippen molar-refractivity contribution >= 4 is 23.3 Å². The predicted octanol–water partition coefficient (Wildman–Crippen LogP) is 3.91. The lowest BCUT2D eigenvalue weighted by Gasteiger charge is -2.28. The number of nitrogens with one attached hydrogen (secondary N) is 2. The summed E-state index contributed by atoms with van der Waals surface area (Å²) in [6.07, 6.45) is 3.81. The number of hydrogen-bond acceptors (Lipinski definition) is 5. The molecule has 8 heteroatoms. The molecule has 0 unspecified atom stereocenters. The van der Waals surface area contributed by atoms with Crippen molar-refractivity contribution in [3.05, 3.63) is 58.7 Å². The summed E-state index contributed by atoms with van der Waals surface area (Å²) in [5.74, 6) is 0.830. The van der Waals surface area contributed by atoms with Crippen LogP contribution in [0.25, 0.3) is 22.5 Å². The number of rotatable bonds is 4. The van der Waals surface area contributed by atoms with E-state index in [0.29, 0.717) is 16.1 Å². The normalized spacial score (nSPS) is 16.1. The quantitative estimate of drug-likeness (QED) is 0.616. The average molecular weight is 461 g/mol. The molecule has 5 rings (SSSR count). The van der Waals surface area contributed by atoms with Crippen LogP contribution in [0.5, 0.6) is 0 Å². The molecule has 7 nitrogen and oxygen atoms in total. The summed E-state index contributed by atoms with van der Waals surface area (Å²) in [5.41, 5.74) is 4.52. The lowest BCUT2D eigenvalue weighted by Crippen LogP contribution is -2.44. The molecule has 2 aliphatic heterocycles. The van der Waals surface area contributed by atoms with E-state index in [1.165, 1.54) is 0 Å². The van der Waals surface area contributed by atoms with Gasteiger partial charge < -0.3 is 20.1 Å². The van der Waals surface area contributed by atoms with Crippen LogP contribution in [0.1, 0.15) is 28.8 Å². The molecular weight excluding hydrogens is 436 g/mol. The maximum atomic E-state index is 12.9. The number of carbonyl (C=O) groups is 1. The van der Waals surface area contributed by atoms with E-state index >= 15 is 0 Å². The number of amides is 1. The lowest BCUT2D eigenvalue weighted by molar-refractivity contribution is 0.0793. The van der Waals surface area contributed by atoms with Crippen LogP contribution in [-0.4, -0.2) is 60.0 Å². The summed E-state index contributed by atoms with van der Waals surface area (Å²) in [6, 6.07) is 13.6. The third-order valence-electron chi connectivity index (χ3n) is 6.31. The van der Waals surface area contributed by atoms with Gasteiger partial charge in [-0.05, 0) is 43.2 Å². The van der Waals surface area contributed by atoms with Gasteiger partial charge in [-0.2, -0.15) is 5.26 Å². The molecule has 0 radical (unpaired) electrons. The molecule has 4 heterocycles. The molecule has 3 aromatic rings. The number of halogens is 1. The average Bonchev–Trinajstić information content (AvgIpc) is 3.55. The minimum absolute atomic E-state index is 0.0285. The smallest absolute Gasteiger partial charge is 0.255 e. The molecule has 0 bridgehead atoms. The number of H-pyrrole nitrogens is 1. The molecule has 33 heavy (non-hydrogen) atoms. The fraction of sp³-hybridized carbons (Fsp3) is 0.320. The zero-order chi connectivity index (χ0) is 22.8. The van der Waals surface area contributed by atoms with Gasteiger partial charge in [-0.15, -0.1) is 0 Å². The van der Waals surface area contributed by atoms with Crippen molar-refractivity contribution in [2.24, 2.45) is 0 Å². The fourth-order valence-electron chi connectivity index (χ4n) is 4.52. The molecule has 1 aromatic carbocycles. The van der Waals surface area contributed by atoms with Crippen LogP contribution in [-0.2, 0) is 0 Å². The van der Waals surface area contributed by atoms with E-state index in [-0.39, 0.29) is 5.91 Å². The molecule has 168 valence electrons. The number of nitrogens with zero attached hydrogens (tertiary/aromatic N) is 4. The topological polar surface area (TPSA) is 88.0 Å². The number of aromatic nitrogens is 2. The number of aromatic amines is 1. The van der Waals surface area contributed by atoms with Crippen LogP contribution in [0.4, 0.5) is 5.82 Å². The van der Waals surface area contributed by atoms with E-state index in [1.54, 1.807) is 12.3 Å². The van der Waals surface area contributed by atoms with Gasteiger partial charge in [-0.3, -0.25) is 9.78 Å². The molecule has 2 aliphatic rings. The maximum Gasteiger partial charge on any atom is 0.255 e. The third-order valence-corrected chi connectivity index (χ3v) is 6.64. The van der Waals surface area contributed by atoms with Crippen LogP contribution < -0.4 is 10.2 Å². The fourth-order valence-corrected chi connectivity index (χ4v) is 4.72. The van der Waals surface area contributed by atoms with Crippen LogP contribution >= 0.6 is 11.6 Å². The molecule has 2 fully saturated rings. The first-order chi connectivity index (χ1) is 16.1. The first-order valence-corrected chi connectivity index (χ1v) is 11.7. The van der Waals surface area contributed by atoms with Gasteiger partial charge in [0, 0.05) is 62.3 Å². The van der Waals surface area contributed by atoms with Crippen LogP contribution in [0.3, 0.4) is 0 Å². The molecule has 1 amide bonds. The Morgan fingerprint density at radius 1 is 1.03 bits per heavy atom. The zero-order valence-corrected chi connectivity index (χ0v) is 19.0. The Balaban J connectivity index is 1.47. The summed E-state index contributed by atoms with van der Waals surface area (Å²) >= 11 is 6.38. The van der Waals surface area contributed by atoms with Crippen LogP contribution in [0.15, 0.2) is 42.6 Å². The van der Waals surface area contributed by atoms with E-state index in [2.05, 4.69) is 26.3 Å². The minimum Gasteiger partial charge on any atom is -0.355 e. The highest BCUT2D eigenvalue weighted by atomic mass is 35.5. The van der Waals surface area contributed by atoms with Gasteiger partial charge in [0.15, 0.2) is 0 Å². The van der Waals surface area contributed by atoms with Gasteiger partial charge >= 0.3 is 0 Å². The number of pyridine rings is 1. The molecule has 2 saturated heterocycles. The van der Waals surface area contributed by atoms with Gasteiger partial charge in [0.2, 0.25) is 0 Å². The highest BCUT2D eigenvalue weighted by Crippen LogP contribution is 2.31. The molecule has 0 saturated carbocycles. The van der Waals surface area contributed by atoms with E-state index < -0.39 is 0 Å². The van der Waals surface area contributed by atoms with E-state index in [4.69, 9.17) is 11.6 Å². The van der Waals surface area contributed by atoms with Gasteiger partial charge in [0.25, 0.3) is 5.91 Å². The zero-order valence-electron chi connectivity index (χ0n) is 18.3. The van der Waals surface area contributed by atoms with Crippen molar-refractivity contribution < 1.29 is 4.79 Å². The Hall–Kier alpha value is -3.34. The number of hydrogen-bond donors (Lipinski definition) is 2. The lowest BCUT2D eigenvalue weighted by atomic mass is 10.0. The number of likely N-dealkylation sites (tertiary alicyclic amines) is 1. The Morgan fingerprint density at radius 2 is 1.82 bits per heavy atom. The Morgan fingerprint density at radius 3 is 2.58 bits per heavy atom. The van der Waals surface area contributed by atoms with Crippen molar-refractivity contribution in [3.63, 3.8) is 0 Å². The van der Waals surface area contributed by atoms with Gasteiger partial charge in [-0.25, -0.2) is 0 Å². The maximum absolute atomic E-state index is 12.9. The van der Waals surface area contributed by atoms with E-state index in [0.717, 1.165) is 80.4 Å². The van der Waals surface area contributed by atoms with Crippen molar-refractivity contribution in [2.45, 2.75) is 12.8 Å². The minimum atomic E-state index is -0.0285. The largest absolute Gasteiger partial charge is 0.355 e. The van der Waals surface area contributed by atoms with E-state index in [9.17, 15) is 10.1 Å². The van der Waals surface area contributed by atoms with Crippen LogP contribution in [0, 0.1) is 11.3 Å². The highest BCUT2D eigenvalue weighted by Gasteiger charge is 2.22. The Bertz CT molecular complexity index is 1220. The second kappa shape index (κ2) is 9.26. The summed E-state index contributed by atoms with van der Waals surface area (Å²) in [7, 11) is 0. The van der Waals surface area contributed by atoms with Crippen molar-refractivity contribution in [2.75, 3.05) is 44.2 Å². The number of benzene rings is 1. The molecule has 0 aliphatic carbocycles. The molecular formula is C25H25ClN6O. The van der Waals surface area contributed by atoms with Crippen molar-refractivity contribution in [1.82, 2.24) is 20.2 Å². The second-order valence-electron chi connectivity index (χ2n) is 8.42. The standard InChI is InChI=1S/C25H25ClN6O/c26-21-4-3-17(13-20(21)25(33)32-9-1-2-10-32)22-14-18(5-6-29-22)23-15-19(16-27)24(30-23)31-11-7-28-8-12-31/h3-6,13-15,28,30H,1-2,7-12H2. The van der Waals surface area contributed by atoms with Gasteiger partial charge in [0.1, 0.15) is 11.9 Å². The number of piperazine rings is 1. The predicted molar refractivity (Wildman–Crippen MR) is 129 cm³/mol. The summed E-state index contributed by atoms with van der Waals surface area (Å²) < 4.78 is 0. The Labute approximate surface area is 198 Å². The van der Waals surface area contributed by atoms with Crippen molar-refractivity contribution in [3.8, 4) is 28.6 Å². The number of anilines is 1. The first-order valence-electron chi connectivity index (χ1n) is 11.3. The summed E-state index contributed by atoms with van der Waals surface area (Å²) in [6.45, 7) is 5.05. The van der Waals surface area contributed by atoms with Crippen LogP contribution in [0.2, 0.25) is 5.02 Å². The van der Waals surface area contributed by atoms with E-state index in [1.807, 2.05) is 35.2 Å².